The molecule has 0 aromatic heterocycles. The Kier molecular flexibility index (Phi) is 4.62. The van der Waals surface area contributed by atoms with Gasteiger partial charge in [0, 0.05) is 27.8 Å². The Bertz CT molecular complexity index is 799. The molecule has 1 amide bonds. The van der Waals surface area contributed by atoms with Gasteiger partial charge in [-0.1, -0.05) is 22.5 Å². The molecule has 0 atom stereocenters. The van der Waals surface area contributed by atoms with E-state index in [2.05, 4.69) is 22.5 Å². The predicted molar refractivity (Wildman–Crippen MR) is 97.5 cm³/mol. The Morgan fingerprint density at radius 2 is 1.75 bits per heavy atom. The molecule has 24 heavy (non-hydrogen) atoms. The van der Waals surface area contributed by atoms with Crippen LogP contribution >= 0.6 is 15.9 Å². The highest BCUT2D eigenvalue weighted by molar-refractivity contribution is 9.10. The molecule has 2 aromatic rings. The van der Waals surface area contributed by atoms with E-state index in [9.17, 15) is 4.79 Å². The van der Waals surface area contributed by atoms with Crippen LogP contribution in [0, 0.1) is 0 Å². The first kappa shape index (κ1) is 16.6. The van der Waals surface area contributed by atoms with Crippen LogP contribution in [0.3, 0.4) is 0 Å². The number of fused-ring (bicyclic) bond motifs is 1. The summed E-state index contributed by atoms with van der Waals surface area (Å²) in [6.07, 6.45) is 0.747. The topological polar surface area (TPSA) is 38.8 Å². The Morgan fingerprint density at radius 1 is 1.12 bits per heavy atom. The summed E-state index contributed by atoms with van der Waals surface area (Å²) in [5.74, 6) is 1.28. The highest BCUT2D eigenvalue weighted by Crippen LogP contribution is 2.37. The lowest BCUT2D eigenvalue weighted by atomic mass is 9.95. The van der Waals surface area contributed by atoms with E-state index in [1.165, 1.54) is 0 Å². The third kappa shape index (κ3) is 2.91. The van der Waals surface area contributed by atoms with Crippen molar-refractivity contribution in [1.29, 1.82) is 0 Å². The average Bonchev–Trinajstić information content (AvgIpc) is 2.61. The minimum atomic E-state index is -0.0482. The molecule has 0 N–H and O–H groups in total. The number of ether oxygens (including phenoxy) is 2. The first-order valence-electron chi connectivity index (χ1n) is 7.56. The highest BCUT2D eigenvalue weighted by atomic mass is 79.9. The van der Waals surface area contributed by atoms with Crippen molar-refractivity contribution in [3.8, 4) is 11.5 Å². The van der Waals surface area contributed by atoms with Crippen molar-refractivity contribution < 1.29 is 14.3 Å². The number of carbonyl (C=O) groups excluding carboxylic acids is 1. The summed E-state index contributed by atoms with van der Waals surface area (Å²) in [5, 5.41) is 0. The van der Waals surface area contributed by atoms with Crippen molar-refractivity contribution in [3.05, 3.63) is 64.1 Å². The summed E-state index contributed by atoms with van der Waals surface area (Å²) in [6, 6.07) is 11.2. The quantitative estimate of drug-likeness (QED) is 0.794. The molecule has 0 bridgehead atoms. The van der Waals surface area contributed by atoms with Crippen molar-refractivity contribution in [2.75, 3.05) is 20.8 Å². The molecule has 124 valence electrons. The van der Waals surface area contributed by atoms with E-state index < -0.39 is 0 Å². The molecule has 0 radical (unpaired) electrons. The summed E-state index contributed by atoms with van der Waals surface area (Å²) in [4.78, 5) is 14.5. The summed E-state index contributed by atoms with van der Waals surface area (Å²) in [5.41, 5.74) is 3.36. The van der Waals surface area contributed by atoms with Crippen LogP contribution in [0.15, 0.2) is 47.4 Å². The van der Waals surface area contributed by atoms with Crippen molar-refractivity contribution in [2.45, 2.75) is 6.42 Å². The number of carbonyl (C=O) groups is 1. The standard InChI is InChI=1S/C19H18BrNO3/c1-12-16-11-18(24-3)17(23-2)10-14(16)8-9-21(12)19(22)13-4-6-15(20)7-5-13/h4-7,10-11H,1,8-9H2,2-3H3. The normalized spacial score (nSPS) is 13.5. The van der Waals surface area contributed by atoms with Crippen LogP contribution in [0.1, 0.15) is 21.5 Å². The minimum Gasteiger partial charge on any atom is -0.493 e. The van der Waals surface area contributed by atoms with Crippen LogP contribution in [0.5, 0.6) is 11.5 Å². The lowest BCUT2D eigenvalue weighted by Crippen LogP contribution is -2.34. The third-order valence-corrected chi connectivity index (χ3v) is 4.72. The van der Waals surface area contributed by atoms with E-state index in [1.54, 1.807) is 19.1 Å². The molecule has 0 saturated carbocycles. The molecule has 0 fully saturated rings. The van der Waals surface area contributed by atoms with Gasteiger partial charge in [0.25, 0.3) is 5.91 Å². The number of halogens is 1. The second-order valence-electron chi connectivity index (χ2n) is 5.52. The van der Waals surface area contributed by atoms with Crippen LogP contribution < -0.4 is 9.47 Å². The number of rotatable bonds is 3. The van der Waals surface area contributed by atoms with Crippen LogP contribution in [0.2, 0.25) is 0 Å². The SMILES string of the molecule is C=C1c2cc(OC)c(OC)cc2CCN1C(=O)c1ccc(Br)cc1. The van der Waals surface area contributed by atoms with Crippen LogP contribution in [0.4, 0.5) is 0 Å². The first-order valence-corrected chi connectivity index (χ1v) is 8.36. The van der Waals surface area contributed by atoms with E-state index in [-0.39, 0.29) is 5.91 Å². The van der Waals surface area contributed by atoms with Crippen molar-refractivity contribution in [1.82, 2.24) is 4.90 Å². The molecular weight excluding hydrogens is 370 g/mol. The largest absolute Gasteiger partial charge is 0.493 e. The zero-order chi connectivity index (χ0) is 17.3. The zero-order valence-corrected chi connectivity index (χ0v) is 15.2. The fourth-order valence-corrected chi connectivity index (χ4v) is 3.15. The Morgan fingerprint density at radius 3 is 2.38 bits per heavy atom. The average molecular weight is 388 g/mol. The molecule has 0 saturated heterocycles. The maximum absolute atomic E-state index is 12.8. The molecular formula is C19H18BrNO3. The summed E-state index contributed by atoms with van der Waals surface area (Å²) >= 11 is 3.39. The molecule has 4 nitrogen and oxygen atoms in total. The number of amides is 1. The maximum atomic E-state index is 12.8. The molecule has 0 spiro atoms. The van der Waals surface area contributed by atoms with Gasteiger partial charge in [-0.3, -0.25) is 4.79 Å². The monoisotopic (exact) mass is 387 g/mol. The number of benzene rings is 2. The van der Waals surface area contributed by atoms with E-state index in [4.69, 9.17) is 9.47 Å². The van der Waals surface area contributed by atoms with E-state index in [1.807, 2.05) is 36.4 Å². The fraction of sp³-hybridized carbons (Fsp3) is 0.211. The van der Waals surface area contributed by atoms with Crippen molar-refractivity contribution >= 4 is 27.5 Å². The lowest BCUT2D eigenvalue weighted by molar-refractivity contribution is 0.0833. The van der Waals surface area contributed by atoms with E-state index in [0.29, 0.717) is 29.3 Å². The molecule has 1 aliphatic heterocycles. The predicted octanol–water partition coefficient (Wildman–Crippen LogP) is 4.14. The summed E-state index contributed by atoms with van der Waals surface area (Å²) < 4.78 is 11.7. The lowest BCUT2D eigenvalue weighted by Gasteiger charge is -2.31. The van der Waals surface area contributed by atoms with Crippen LogP contribution in [-0.2, 0) is 6.42 Å². The smallest absolute Gasteiger partial charge is 0.258 e. The first-order chi connectivity index (χ1) is 11.5. The van der Waals surface area contributed by atoms with Gasteiger partial charge >= 0.3 is 0 Å². The zero-order valence-electron chi connectivity index (χ0n) is 13.6. The van der Waals surface area contributed by atoms with Crippen LogP contribution in [-0.4, -0.2) is 31.6 Å². The molecule has 5 heteroatoms. The fourth-order valence-electron chi connectivity index (χ4n) is 2.88. The van der Waals surface area contributed by atoms with Gasteiger partial charge in [-0.2, -0.15) is 0 Å². The van der Waals surface area contributed by atoms with E-state index in [0.717, 1.165) is 22.0 Å². The number of methoxy groups -OCH3 is 2. The van der Waals surface area contributed by atoms with Crippen LogP contribution in [0.25, 0.3) is 5.70 Å². The summed E-state index contributed by atoms with van der Waals surface area (Å²) in [7, 11) is 3.21. The van der Waals surface area contributed by atoms with E-state index >= 15 is 0 Å². The van der Waals surface area contributed by atoms with Gasteiger partial charge in [-0.25, -0.2) is 0 Å². The molecule has 1 heterocycles. The molecule has 0 aliphatic carbocycles. The summed E-state index contributed by atoms with van der Waals surface area (Å²) in [6.45, 7) is 4.72. The number of nitrogens with zero attached hydrogens (tertiary/aromatic N) is 1. The molecule has 1 aliphatic rings. The van der Waals surface area contributed by atoms with Gasteiger partial charge in [0.15, 0.2) is 11.5 Å². The Hall–Kier alpha value is -2.27. The van der Waals surface area contributed by atoms with Crippen molar-refractivity contribution in [3.63, 3.8) is 0 Å². The minimum absolute atomic E-state index is 0.0482. The van der Waals surface area contributed by atoms with Gasteiger partial charge in [0.05, 0.1) is 14.2 Å². The number of hydrogen-bond donors (Lipinski definition) is 0. The van der Waals surface area contributed by atoms with Gasteiger partial charge < -0.3 is 14.4 Å². The second-order valence-corrected chi connectivity index (χ2v) is 6.44. The number of hydrogen-bond acceptors (Lipinski definition) is 3. The van der Waals surface area contributed by atoms with Gasteiger partial charge in [0.1, 0.15) is 0 Å². The molecule has 2 aromatic carbocycles. The van der Waals surface area contributed by atoms with Crippen molar-refractivity contribution in [2.24, 2.45) is 0 Å². The Labute approximate surface area is 149 Å². The highest BCUT2D eigenvalue weighted by Gasteiger charge is 2.27. The maximum Gasteiger partial charge on any atom is 0.258 e. The van der Waals surface area contributed by atoms with Gasteiger partial charge in [-0.05, 0) is 48.4 Å². The molecule has 0 unspecified atom stereocenters. The van der Waals surface area contributed by atoms with Gasteiger partial charge in [-0.15, -0.1) is 0 Å². The van der Waals surface area contributed by atoms with Gasteiger partial charge in [0.2, 0.25) is 0 Å². The molecule has 3 rings (SSSR count). The third-order valence-electron chi connectivity index (χ3n) is 4.19. The second kappa shape index (κ2) is 6.69. The Balaban J connectivity index is 1.94.